The highest BCUT2D eigenvalue weighted by atomic mass is 79.9. The zero-order chi connectivity index (χ0) is 14.8. The molecule has 2 aliphatic rings. The van der Waals surface area contributed by atoms with Crippen LogP contribution in [0.15, 0.2) is 15.9 Å². The summed E-state index contributed by atoms with van der Waals surface area (Å²) in [4.78, 5) is 4.22. The Bertz CT molecular complexity index is 459. The van der Waals surface area contributed by atoms with E-state index in [1.54, 1.807) is 0 Å². The zero-order valence-corrected chi connectivity index (χ0v) is 15.3. The number of thiophene rings is 1. The monoisotopic (exact) mass is 370 g/mol. The van der Waals surface area contributed by atoms with Crippen LogP contribution < -0.4 is 5.73 Å². The second-order valence-corrected chi connectivity index (χ2v) is 9.15. The Hall–Kier alpha value is 0.1000. The van der Waals surface area contributed by atoms with Gasteiger partial charge in [0.05, 0.1) is 9.83 Å². The van der Waals surface area contributed by atoms with E-state index in [9.17, 15) is 0 Å². The van der Waals surface area contributed by atoms with E-state index in [-0.39, 0.29) is 6.04 Å². The predicted octanol–water partition coefficient (Wildman–Crippen LogP) is 4.94. The molecule has 1 saturated heterocycles. The molecular formula is C17H27BrN2S. The first-order valence-electron chi connectivity index (χ1n) is 8.47. The lowest BCUT2D eigenvalue weighted by molar-refractivity contribution is 0.0167. The van der Waals surface area contributed by atoms with Crippen molar-refractivity contribution in [3.8, 4) is 0 Å². The molecule has 21 heavy (non-hydrogen) atoms. The maximum Gasteiger partial charge on any atom is 0.0702 e. The van der Waals surface area contributed by atoms with Gasteiger partial charge in [-0.25, -0.2) is 0 Å². The van der Waals surface area contributed by atoms with Gasteiger partial charge < -0.3 is 5.73 Å². The molecule has 1 aliphatic heterocycles. The number of likely N-dealkylation sites (tertiary alicyclic amines) is 1. The van der Waals surface area contributed by atoms with Crippen molar-refractivity contribution in [3.05, 3.63) is 20.8 Å². The second kappa shape index (κ2) is 7.12. The molecule has 2 unspecified atom stereocenters. The van der Waals surface area contributed by atoms with E-state index in [1.807, 2.05) is 11.3 Å². The topological polar surface area (TPSA) is 29.3 Å². The minimum Gasteiger partial charge on any atom is -0.326 e. The molecule has 2 fully saturated rings. The highest BCUT2D eigenvalue weighted by Gasteiger charge is 2.39. The number of nitrogens with zero attached hydrogens (tertiary/aromatic N) is 1. The fraction of sp³-hybridized carbons (Fsp3) is 0.765. The first kappa shape index (κ1) is 16.0. The van der Waals surface area contributed by atoms with Gasteiger partial charge in [-0.1, -0.05) is 19.8 Å². The van der Waals surface area contributed by atoms with Crippen LogP contribution in [0.1, 0.15) is 62.8 Å². The standard InChI is InChI=1S/C17H27BrN2S/c1-2-13(19)17(15-9-10-16(18)21-15)20-11-5-7-12-6-3-4-8-14(12)20/h9-10,12-14,17H,2-8,11,19H2,1H3/t12-,13?,14-,17?/m1/s1. The van der Waals surface area contributed by atoms with Crippen LogP contribution in [-0.2, 0) is 0 Å². The molecule has 3 rings (SSSR count). The van der Waals surface area contributed by atoms with Gasteiger partial charge in [-0.3, -0.25) is 4.90 Å². The lowest BCUT2D eigenvalue weighted by Gasteiger charge is -2.48. The van der Waals surface area contributed by atoms with Crippen LogP contribution in [0.5, 0.6) is 0 Å². The van der Waals surface area contributed by atoms with E-state index in [0.717, 1.165) is 18.4 Å². The van der Waals surface area contributed by atoms with Gasteiger partial charge in [0.2, 0.25) is 0 Å². The van der Waals surface area contributed by atoms with Gasteiger partial charge in [-0.2, -0.15) is 0 Å². The summed E-state index contributed by atoms with van der Waals surface area (Å²) in [6.07, 6.45) is 9.48. The largest absolute Gasteiger partial charge is 0.326 e. The maximum atomic E-state index is 6.56. The molecular weight excluding hydrogens is 344 g/mol. The van der Waals surface area contributed by atoms with Gasteiger partial charge in [0.25, 0.3) is 0 Å². The van der Waals surface area contributed by atoms with Gasteiger partial charge in [-0.15, -0.1) is 11.3 Å². The average Bonchev–Trinajstić information content (AvgIpc) is 2.93. The molecule has 2 N–H and O–H groups in total. The number of piperidine rings is 1. The zero-order valence-electron chi connectivity index (χ0n) is 12.9. The van der Waals surface area contributed by atoms with Gasteiger partial charge in [0.1, 0.15) is 0 Å². The molecule has 0 bridgehead atoms. The Morgan fingerprint density at radius 3 is 2.76 bits per heavy atom. The second-order valence-electron chi connectivity index (χ2n) is 6.65. The molecule has 4 atom stereocenters. The Kier molecular flexibility index (Phi) is 5.41. The number of hydrogen-bond acceptors (Lipinski definition) is 3. The molecule has 0 radical (unpaired) electrons. The van der Waals surface area contributed by atoms with E-state index in [2.05, 4.69) is 39.9 Å². The van der Waals surface area contributed by atoms with Crippen LogP contribution in [-0.4, -0.2) is 23.5 Å². The molecule has 0 amide bonds. The van der Waals surface area contributed by atoms with Crippen molar-refractivity contribution in [1.82, 2.24) is 4.90 Å². The van der Waals surface area contributed by atoms with Crippen molar-refractivity contribution in [2.24, 2.45) is 11.7 Å². The SMILES string of the molecule is CCC(N)C(c1ccc(Br)s1)N1CCC[C@H]2CCCC[C@H]21. The van der Waals surface area contributed by atoms with E-state index in [4.69, 9.17) is 5.73 Å². The predicted molar refractivity (Wildman–Crippen MR) is 94.7 cm³/mol. The summed E-state index contributed by atoms with van der Waals surface area (Å²) >= 11 is 5.49. The summed E-state index contributed by atoms with van der Waals surface area (Å²) in [7, 11) is 0. The number of hydrogen-bond donors (Lipinski definition) is 1. The Labute approximate surface area is 141 Å². The van der Waals surface area contributed by atoms with Crippen molar-refractivity contribution in [3.63, 3.8) is 0 Å². The summed E-state index contributed by atoms with van der Waals surface area (Å²) in [6.45, 7) is 3.46. The Balaban J connectivity index is 1.87. The van der Waals surface area contributed by atoms with Crippen LogP contribution in [0.25, 0.3) is 0 Å². The molecule has 4 heteroatoms. The molecule has 2 heterocycles. The van der Waals surface area contributed by atoms with Gasteiger partial charge in [0.15, 0.2) is 0 Å². The maximum absolute atomic E-state index is 6.56. The molecule has 2 nitrogen and oxygen atoms in total. The fourth-order valence-electron chi connectivity index (χ4n) is 4.34. The van der Waals surface area contributed by atoms with Crippen molar-refractivity contribution < 1.29 is 0 Å². The first-order chi connectivity index (χ1) is 10.2. The summed E-state index contributed by atoms with van der Waals surface area (Å²) in [5, 5.41) is 0. The highest BCUT2D eigenvalue weighted by Crippen LogP contribution is 2.42. The number of halogens is 1. The van der Waals surface area contributed by atoms with Gasteiger partial charge >= 0.3 is 0 Å². The minimum absolute atomic E-state index is 0.247. The van der Waals surface area contributed by atoms with Crippen LogP contribution in [0, 0.1) is 5.92 Å². The van der Waals surface area contributed by atoms with Crippen LogP contribution >= 0.6 is 27.3 Å². The fourth-order valence-corrected chi connectivity index (χ4v) is 5.96. The summed E-state index contributed by atoms with van der Waals surface area (Å²) in [5.41, 5.74) is 6.56. The van der Waals surface area contributed by atoms with Crippen LogP contribution in [0.3, 0.4) is 0 Å². The molecule has 1 aromatic rings. The third-order valence-corrected chi connectivity index (χ3v) is 7.10. The highest BCUT2D eigenvalue weighted by molar-refractivity contribution is 9.11. The lowest BCUT2D eigenvalue weighted by atomic mass is 9.77. The van der Waals surface area contributed by atoms with Crippen molar-refractivity contribution in [2.75, 3.05) is 6.54 Å². The average molecular weight is 371 g/mol. The number of fused-ring (bicyclic) bond motifs is 1. The van der Waals surface area contributed by atoms with E-state index in [1.165, 1.54) is 53.7 Å². The van der Waals surface area contributed by atoms with Crippen LogP contribution in [0.2, 0.25) is 0 Å². The Morgan fingerprint density at radius 2 is 2.05 bits per heavy atom. The molecule has 1 aromatic heterocycles. The van der Waals surface area contributed by atoms with Crippen LogP contribution in [0.4, 0.5) is 0 Å². The first-order valence-corrected chi connectivity index (χ1v) is 10.1. The molecule has 0 aromatic carbocycles. The third kappa shape index (κ3) is 3.39. The smallest absolute Gasteiger partial charge is 0.0702 e. The summed E-state index contributed by atoms with van der Waals surface area (Å²) < 4.78 is 1.23. The van der Waals surface area contributed by atoms with Crippen molar-refractivity contribution in [1.29, 1.82) is 0 Å². The molecule has 0 spiro atoms. The normalized spacial score (nSPS) is 29.9. The van der Waals surface area contributed by atoms with Gasteiger partial charge in [0, 0.05) is 17.0 Å². The van der Waals surface area contributed by atoms with E-state index in [0.29, 0.717) is 6.04 Å². The van der Waals surface area contributed by atoms with E-state index >= 15 is 0 Å². The third-order valence-electron chi connectivity index (χ3n) is 5.41. The van der Waals surface area contributed by atoms with Gasteiger partial charge in [-0.05, 0) is 72.6 Å². The minimum atomic E-state index is 0.247. The van der Waals surface area contributed by atoms with E-state index < -0.39 is 0 Å². The number of rotatable bonds is 4. The molecule has 1 saturated carbocycles. The lowest BCUT2D eigenvalue weighted by Crippen LogP contribution is -2.52. The Morgan fingerprint density at radius 1 is 1.29 bits per heavy atom. The summed E-state index contributed by atoms with van der Waals surface area (Å²) in [6, 6.07) is 5.89. The quantitative estimate of drug-likeness (QED) is 0.812. The van der Waals surface area contributed by atoms with Crippen molar-refractivity contribution in [2.45, 2.75) is 70.0 Å². The molecule has 118 valence electrons. The summed E-state index contributed by atoms with van der Waals surface area (Å²) in [5.74, 6) is 0.919. The van der Waals surface area contributed by atoms with Crippen molar-refractivity contribution >= 4 is 27.3 Å². The molecule has 1 aliphatic carbocycles. The number of nitrogens with two attached hydrogens (primary N) is 1.